The summed E-state index contributed by atoms with van der Waals surface area (Å²) in [5.41, 5.74) is -0.0593. The zero-order chi connectivity index (χ0) is 26.7. The van der Waals surface area contributed by atoms with Gasteiger partial charge in [-0.2, -0.15) is 13.2 Å². The molecule has 6 nitrogen and oxygen atoms in total. The average Bonchev–Trinajstić information content (AvgIpc) is 3.63. The summed E-state index contributed by atoms with van der Waals surface area (Å²) in [6.45, 7) is 7.95. The highest BCUT2D eigenvalue weighted by Gasteiger charge is 2.36. The highest BCUT2D eigenvalue weighted by molar-refractivity contribution is 7.17. The Bertz CT molecular complexity index is 1090. The zero-order valence-corrected chi connectivity index (χ0v) is 22.4. The summed E-state index contributed by atoms with van der Waals surface area (Å²) in [6, 6.07) is 8.74. The van der Waals surface area contributed by atoms with Crippen LogP contribution in [0.25, 0.3) is 10.4 Å². The smallest absolute Gasteiger partial charge is 0.336 e. The van der Waals surface area contributed by atoms with E-state index < -0.39 is 11.7 Å². The Hall–Kier alpha value is -2.59. The van der Waals surface area contributed by atoms with E-state index in [1.807, 2.05) is 9.80 Å². The molecule has 2 aliphatic rings. The number of rotatable bonds is 7. The van der Waals surface area contributed by atoms with Crippen LogP contribution < -0.4 is 5.32 Å². The van der Waals surface area contributed by atoms with Crippen molar-refractivity contribution >= 4 is 23.3 Å². The molecular formula is C27H35F3N4O2S. The minimum Gasteiger partial charge on any atom is -0.336 e. The van der Waals surface area contributed by atoms with Gasteiger partial charge in [-0.05, 0) is 61.6 Å². The number of carbonyl (C=O) groups is 2. The van der Waals surface area contributed by atoms with Crippen molar-refractivity contribution in [2.45, 2.75) is 51.4 Å². The normalized spacial score (nSPS) is 20.2. The van der Waals surface area contributed by atoms with Gasteiger partial charge in [-0.15, -0.1) is 11.3 Å². The number of hydrogen-bond acceptors (Lipinski definition) is 4. The van der Waals surface area contributed by atoms with Gasteiger partial charge in [-0.25, -0.2) is 4.79 Å². The number of likely N-dealkylation sites (tertiary alicyclic amines) is 2. The maximum Gasteiger partial charge on any atom is 0.416 e. The molecule has 2 aliphatic heterocycles. The van der Waals surface area contributed by atoms with Crippen LogP contribution in [0.1, 0.15) is 48.3 Å². The Morgan fingerprint density at radius 2 is 1.73 bits per heavy atom. The highest BCUT2D eigenvalue weighted by atomic mass is 32.1. The van der Waals surface area contributed by atoms with Crippen LogP contribution in [-0.4, -0.2) is 78.5 Å². The lowest BCUT2D eigenvalue weighted by atomic mass is 10.1. The number of thiophene rings is 1. The van der Waals surface area contributed by atoms with Gasteiger partial charge < -0.3 is 20.0 Å². The van der Waals surface area contributed by atoms with E-state index in [0.717, 1.165) is 55.9 Å². The number of nitrogens with one attached hydrogen (secondary N) is 1. The number of halogens is 3. The van der Waals surface area contributed by atoms with E-state index in [1.54, 1.807) is 24.1 Å². The molecule has 0 unspecified atom stereocenters. The Morgan fingerprint density at radius 1 is 1.05 bits per heavy atom. The number of alkyl halides is 3. The quantitative estimate of drug-likeness (QED) is 0.515. The summed E-state index contributed by atoms with van der Waals surface area (Å²) in [5.74, 6) is 0.511. The fourth-order valence-corrected chi connectivity index (χ4v) is 5.87. The Labute approximate surface area is 220 Å². The van der Waals surface area contributed by atoms with Gasteiger partial charge in [0.25, 0.3) is 5.91 Å². The lowest BCUT2D eigenvalue weighted by Crippen LogP contribution is -2.45. The summed E-state index contributed by atoms with van der Waals surface area (Å²) in [7, 11) is 1.75. The minimum absolute atomic E-state index is 0.0391. The molecule has 0 bridgehead atoms. The van der Waals surface area contributed by atoms with Crippen LogP contribution in [0.2, 0.25) is 0 Å². The highest BCUT2D eigenvalue weighted by Crippen LogP contribution is 2.34. The maximum absolute atomic E-state index is 13.2. The van der Waals surface area contributed by atoms with E-state index in [-0.39, 0.29) is 18.0 Å². The molecule has 2 saturated heterocycles. The predicted octanol–water partition coefficient (Wildman–Crippen LogP) is 5.41. The number of nitrogens with zero attached hydrogens (tertiary/aromatic N) is 3. The molecule has 202 valence electrons. The molecule has 3 amide bonds. The van der Waals surface area contributed by atoms with Gasteiger partial charge in [0.1, 0.15) is 0 Å². The van der Waals surface area contributed by atoms with Crippen molar-refractivity contribution in [1.29, 1.82) is 0 Å². The van der Waals surface area contributed by atoms with Crippen LogP contribution in [0, 0.1) is 5.92 Å². The van der Waals surface area contributed by atoms with E-state index in [2.05, 4.69) is 19.2 Å². The van der Waals surface area contributed by atoms with Gasteiger partial charge >= 0.3 is 12.2 Å². The summed E-state index contributed by atoms with van der Waals surface area (Å²) < 4.78 is 38.5. The Kier molecular flexibility index (Phi) is 8.48. The van der Waals surface area contributed by atoms with Gasteiger partial charge in [-0.3, -0.25) is 4.79 Å². The van der Waals surface area contributed by atoms with E-state index in [9.17, 15) is 22.8 Å². The third kappa shape index (κ3) is 6.65. The monoisotopic (exact) mass is 536 g/mol. The van der Waals surface area contributed by atoms with Gasteiger partial charge in [0, 0.05) is 44.1 Å². The van der Waals surface area contributed by atoms with Crippen molar-refractivity contribution in [2.24, 2.45) is 5.92 Å². The third-order valence-corrected chi connectivity index (χ3v) is 8.35. The van der Waals surface area contributed by atoms with E-state index in [1.165, 1.54) is 23.5 Å². The number of hydrogen-bond donors (Lipinski definition) is 1. The summed E-state index contributed by atoms with van der Waals surface area (Å²) >= 11 is 1.26. The van der Waals surface area contributed by atoms with Gasteiger partial charge in [0.05, 0.1) is 16.5 Å². The standard InChI is InChI=1S/C27H35F3N4O2S/c1-18(2)10-13-31-21-11-14-33(16-21)26(36)34-15-12-22(17-34)32(3)25(35)24-9-8-23(37-24)19-4-6-20(7-5-19)27(28,29)30/h4-9,18,21-22,31H,10-17H2,1-3H3/t21-,22-/m0/s1. The van der Waals surface area contributed by atoms with Gasteiger partial charge in [-0.1, -0.05) is 26.0 Å². The number of likely N-dealkylation sites (N-methyl/N-ethyl adjacent to an activating group) is 1. The van der Waals surface area contributed by atoms with E-state index in [0.29, 0.717) is 35.5 Å². The minimum atomic E-state index is -4.38. The second kappa shape index (κ2) is 11.4. The Balaban J connectivity index is 1.30. The first-order chi connectivity index (χ1) is 17.5. The SMILES string of the molecule is CC(C)CCN[C@H]1CCN(C(=O)N2CC[C@H](N(C)C(=O)c3ccc(-c4ccc(C(F)(F)F)cc4)s3)C2)C1. The van der Waals surface area contributed by atoms with Crippen LogP contribution in [0.5, 0.6) is 0 Å². The molecule has 1 aromatic heterocycles. The zero-order valence-electron chi connectivity index (χ0n) is 21.6. The fraction of sp³-hybridized carbons (Fsp3) is 0.556. The molecular weight excluding hydrogens is 501 g/mol. The van der Waals surface area contributed by atoms with Crippen LogP contribution in [0.15, 0.2) is 36.4 Å². The number of carbonyl (C=O) groups excluding carboxylic acids is 2. The molecule has 0 radical (unpaired) electrons. The van der Waals surface area contributed by atoms with Crippen molar-refractivity contribution in [3.05, 3.63) is 46.8 Å². The van der Waals surface area contributed by atoms with Crippen LogP contribution in [0.3, 0.4) is 0 Å². The van der Waals surface area contributed by atoms with Crippen LogP contribution in [-0.2, 0) is 6.18 Å². The van der Waals surface area contributed by atoms with Crippen LogP contribution >= 0.6 is 11.3 Å². The number of benzene rings is 1. The molecule has 37 heavy (non-hydrogen) atoms. The number of urea groups is 1. The lowest BCUT2D eigenvalue weighted by Gasteiger charge is -2.27. The molecule has 2 atom stereocenters. The van der Waals surface area contributed by atoms with Crippen molar-refractivity contribution in [3.63, 3.8) is 0 Å². The Morgan fingerprint density at radius 3 is 2.41 bits per heavy atom. The molecule has 2 aromatic rings. The molecule has 1 N–H and O–H groups in total. The molecule has 2 fully saturated rings. The first kappa shape index (κ1) is 27.4. The summed E-state index contributed by atoms with van der Waals surface area (Å²) in [6.07, 6.45) is -1.59. The molecule has 1 aromatic carbocycles. The summed E-state index contributed by atoms with van der Waals surface area (Å²) in [4.78, 5) is 32.9. The molecule has 0 spiro atoms. The predicted molar refractivity (Wildman–Crippen MR) is 140 cm³/mol. The lowest BCUT2D eigenvalue weighted by molar-refractivity contribution is -0.137. The van der Waals surface area contributed by atoms with E-state index >= 15 is 0 Å². The number of amides is 3. The first-order valence-electron chi connectivity index (χ1n) is 12.8. The van der Waals surface area contributed by atoms with Crippen molar-refractivity contribution in [3.8, 4) is 10.4 Å². The summed E-state index contributed by atoms with van der Waals surface area (Å²) in [5, 5.41) is 3.56. The second-order valence-corrected chi connectivity index (χ2v) is 11.5. The average molecular weight is 537 g/mol. The molecule has 4 rings (SSSR count). The van der Waals surface area contributed by atoms with Gasteiger partial charge in [0.2, 0.25) is 0 Å². The molecule has 0 saturated carbocycles. The molecule has 10 heteroatoms. The van der Waals surface area contributed by atoms with E-state index in [4.69, 9.17) is 0 Å². The van der Waals surface area contributed by atoms with Gasteiger partial charge in [0.15, 0.2) is 0 Å². The van der Waals surface area contributed by atoms with Crippen molar-refractivity contribution < 1.29 is 22.8 Å². The van der Waals surface area contributed by atoms with Crippen LogP contribution in [0.4, 0.5) is 18.0 Å². The molecule has 0 aliphatic carbocycles. The fourth-order valence-electron chi connectivity index (χ4n) is 4.88. The first-order valence-corrected chi connectivity index (χ1v) is 13.7. The topological polar surface area (TPSA) is 55.9 Å². The maximum atomic E-state index is 13.2. The second-order valence-electron chi connectivity index (χ2n) is 10.4. The van der Waals surface area contributed by atoms with Crippen molar-refractivity contribution in [2.75, 3.05) is 39.8 Å². The van der Waals surface area contributed by atoms with Crippen molar-refractivity contribution in [1.82, 2.24) is 20.0 Å². The molecule has 3 heterocycles. The largest absolute Gasteiger partial charge is 0.416 e. The third-order valence-electron chi connectivity index (χ3n) is 7.23.